The van der Waals surface area contributed by atoms with E-state index in [9.17, 15) is 26.3 Å². The molecule has 0 atom stereocenters. The molecule has 208 valence electrons. The van der Waals surface area contributed by atoms with Crippen LogP contribution in [0.2, 0.25) is 0 Å². The molecule has 3 N–H and O–H groups in total. The van der Waals surface area contributed by atoms with Crippen molar-refractivity contribution in [1.82, 2.24) is 19.6 Å². The molecule has 0 fully saturated rings. The Morgan fingerprint density at radius 1 is 0.795 bits per heavy atom. The van der Waals surface area contributed by atoms with Gasteiger partial charge in [-0.25, -0.2) is 9.36 Å². The van der Waals surface area contributed by atoms with Crippen molar-refractivity contribution in [2.75, 3.05) is 14.2 Å². The van der Waals surface area contributed by atoms with Crippen LogP contribution in [0, 0.1) is 0 Å². The Hall–Kier alpha value is -4.53. The average molecular weight is 556 g/mol. The summed E-state index contributed by atoms with van der Waals surface area (Å²) in [5.74, 6) is 0.560. The summed E-state index contributed by atoms with van der Waals surface area (Å²) in [5, 5.41) is 19.5. The summed E-state index contributed by atoms with van der Waals surface area (Å²) in [6.07, 6.45) is -4.51. The smallest absolute Gasteiger partial charge is 0.416 e. The van der Waals surface area contributed by atoms with Crippen molar-refractivity contribution < 1.29 is 41.0 Å². The van der Waals surface area contributed by atoms with Crippen molar-refractivity contribution in [3.63, 3.8) is 0 Å². The van der Waals surface area contributed by atoms with Gasteiger partial charge < -0.3 is 20.4 Å². The van der Waals surface area contributed by atoms with Gasteiger partial charge in [-0.2, -0.15) is 26.3 Å². The van der Waals surface area contributed by atoms with Gasteiger partial charge in [-0.3, -0.25) is 0 Å². The predicted molar refractivity (Wildman–Crippen MR) is 128 cm³/mol. The van der Waals surface area contributed by atoms with Gasteiger partial charge in [-0.1, -0.05) is 5.16 Å². The van der Waals surface area contributed by atoms with Crippen LogP contribution in [0.4, 0.5) is 26.3 Å². The molecule has 0 saturated carbocycles. The molecule has 0 bridgehead atoms. The molecule has 2 aromatic heterocycles. The third-order valence-corrected chi connectivity index (χ3v) is 5.18. The molecule has 0 spiro atoms. The first kappa shape index (κ1) is 29.0. The second kappa shape index (κ2) is 11.9. The summed E-state index contributed by atoms with van der Waals surface area (Å²) in [4.78, 5) is 0. The summed E-state index contributed by atoms with van der Waals surface area (Å²) in [7, 11) is 2.84. The highest BCUT2D eigenvalue weighted by Crippen LogP contribution is 2.31. The predicted octanol–water partition coefficient (Wildman–Crippen LogP) is 5.07. The lowest BCUT2D eigenvalue weighted by atomic mass is 10.2. The minimum absolute atomic E-state index is 0.197. The van der Waals surface area contributed by atoms with Gasteiger partial charge in [0.2, 0.25) is 11.8 Å². The molecule has 0 aliphatic heterocycles. The van der Waals surface area contributed by atoms with Crippen LogP contribution in [0.3, 0.4) is 0 Å². The van der Waals surface area contributed by atoms with Gasteiger partial charge in [0.1, 0.15) is 0 Å². The largest absolute Gasteiger partial charge is 0.480 e. The minimum Gasteiger partial charge on any atom is -0.480 e. The zero-order valence-electron chi connectivity index (χ0n) is 20.4. The number of rotatable bonds is 6. The highest BCUT2D eigenvalue weighted by atomic mass is 19.4. The van der Waals surface area contributed by atoms with Crippen molar-refractivity contribution in [2.45, 2.75) is 18.9 Å². The van der Waals surface area contributed by atoms with E-state index in [0.717, 1.165) is 30.5 Å². The Morgan fingerprint density at radius 2 is 1.23 bits per heavy atom. The monoisotopic (exact) mass is 556 g/mol. The number of hydrogen-bond acceptors (Lipinski definition) is 7. The summed E-state index contributed by atoms with van der Waals surface area (Å²) < 4.78 is 87.4. The Bertz CT molecular complexity index is 1370. The standard InChI is InChI=1S/C12H10F3N3O2.C12H12F3N3O/c1-20-11-8(6-16-19)7-18(17-11)10-4-2-9(3-5-10)12(13,14)15;1-19-11-8(6-16)7-18(17-11)10-4-2-9(3-5-10)12(13,14)15/h2-7,19H,1H3;2-5,7H,6,16H2,1H3/b16-6+;. The zero-order chi connectivity index (χ0) is 28.8. The SMILES string of the molecule is COc1nn(-c2ccc(C(F)(F)F)cc2)cc1/C=N/O.COc1nn(-c2ccc(C(F)(F)F)cc2)cc1CN. The molecule has 2 aromatic carbocycles. The van der Waals surface area contributed by atoms with Gasteiger partial charge >= 0.3 is 12.4 Å². The van der Waals surface area contributed by atoms with Crippen LogP contribution in [0.15, 0.2) is 66.1 Å². The van der Waals surface area contributed by atoms with Crippen LogP contribution in [-0.2, 0) is 18.9 Å². The number of nitrogens with two attached hydrogens (primary N) is 1. The highest BCUT2D eigenvalue weighted by molar-refractivity contribution is 5.82. The van der Waals surface area contributed by atoms with Crippen LogP contribution in [0.1, 0.15) is 22.3 Å². The fourth-order valence-electron chi connectivity index (χ4n) is 3.26. The average Bonchev–Trinajstić information content (AvgIpc) is 3.52. The molecule has 9 nitrogen and oxygen atoms in total. The van der Waals surface area contributed by atoms with Crippen LogP contribution in [-0.4, -0.2) is 45.2 Å². The number of benzene rings is 2. The Kier molecular flexibility index (Phi) is 8.85. The third kappa shape index (κ3) is 7.07. The van der Waals surface area contributed by atoms with E-state index in [1.54, 1.807) is 6.20 Å². The second-order valence-electron chi connectivity index (χ2n) is 7.68. The number of hydrogen-bond donors (Lipinski definition) is 2. The quantitative estimate of drug-likeness (QED) is 0.149. The maximum absolute atomic E-state index is 12.5. The molecule has 0 saturated heterocycles. The van der Waals surface area contributed by atoms with Gasteiger partial charge in [0.15, 0.2) is 0 Å². The van der Waals surface area contributed by atoms with Crippen LogP contribution in [0.5, 0.6) is 11.8 Å². The van der Waals surface area contributed by atoms with Gasteiger partial charge in [-0.15, -0.1) is 10.2 Å². The number of methoxy groups -OCH3 is 2. The Labute approximate surface area is 217 Å². The molecule has 0 amide bonds. The first-order valence-electron chi connectivity index (χ1n) is 10.9. The summed E-state index contributed by atoms with van der Waals surface area (Å²) in [6, 6.07) is 9.19. The maximum Gasteiger partial charge on any atom is 0.416 e. The van der Waals surface area contributed by atoms with E-state index in [0.29, 0.717) is 28.4 Å². The summed E-state index contributed by atoms with van der Waals surface area (Å²) in [5.41, 5.74) is 6.09. The highest BCUT2D eigenvalue weighted by Gasteiger charge is 2.30. The second-order valence-corrected chi connectivity index (χ2v) is 7.68. The molecule has 0 radical (unpaired) electrons. The number of ether oxygens (including phenoxy) is 2. The summed E-state index contributed by atoms with van der Waals surface area (Å²) in [6.45, 7) is 0.240. The van der Waals surface area contributed by atoms with Crippen LogP contribution < -0.4 is 15.2 Å². The molecule has 15 heteroatoms. The normalized spacial score (nSPS) is 11.8. The van der Waals surface area contributed by atoms with E-state index < -0.39 is 23.5 Å². The van der Waals surface area contributed by atoms with E-state index in [2.05, 4.69) is 15.4 Å². The van der Waals surface area contributed by atoms with Crippen molar-refractivity contribution in [3.05, 3.63) is 83.2 Å². The number of alkyl halides is 6. The molecule has 4 aromatic rings. The van der Waals surface area contributed by atoms with Crippen molar-refractivity contribution in [1.29, 1.82) is 0 Å². The molecule has 0 aliphatic carbocycles. The van der Waals surface area contributed by atoms with Crippen LogP contribution in [0.25, 0.3) is 11.4 Å². The Balaban J connectivity index is 0.000000216. The molecule has 39 heavy (non-hydrogen) atoms. The molecule has 0 aliphatic rings. The van der Waals surface area contributed by atoms with Gasteiger partial charge in [0, 0.05) is 24.5 Å². The van der Waals surface area contributed by atoms with E-state index in [-0.39, 0.29) is 12.4 Å². The third-order valence-electron chi connectivity index (χ3n) is 5.18. The van der Waals surface area contributed by atoms with Crippen molar-refractivity contribution in [2.24, 2.45) is 10.9 Å². The fourth-order valence-corrected chi connectivity index (χ4v) is 3.26. The van der Waals surface area contributed by atoms with Gasteiger partial charge in [-0.05, 0) is 48.5 Å². The first-order chi connectivity index (χ1) is 18.4. The van der Waals surface area contributed by atoms with Crippen molar-refractivity contribution in [3.8, 4) is 23.1 Å². The molecule has 2 heterocycles. The zero-order valence-corrected chi connectivity index (χ0v) is 20.4. The summed E-state index contributed by atoms with van der Waals surface area (Å²) >= 11 is 0. The van der Waals surface area contributed by atoms with E-state index in [4.69, 9.17) is 20.4 Å². The lowest BCUT2D eigenvalue weighted by Crippen LogP contribution is -2.05. The number of oxime groups is 1. The first-order valence-corrected chi connectivity index (χ1v) is 10.9. The van der Waals surface area contributed by atoms with E-state index >= 15 is 0 Å². The lowest BCUT2D eigenvalue weighted by Gasteiger charge is -2.07. The van der Waals surface area contributed by atoms with Crippen molar-refractivity contribution >= 4 is 6.21 Å². The number of aromatic nitrogens is 4. The maximum atomic E-state index is 12.5. The Morgan fingerprint density at radius 3 is 1.59 bits per heavy atom. The number of nitrogens with zero attached hydrogens (tertiary/aromatic N) is 5. The fraction of sp³-hybridized carbons (Fsp3) is 0.208. The van der Waals surface area contributed by atoms with Gasteiger partial charge in [0.25, 0.3) is 0 Å². The molecular weight excluding hydrogens is 534 g/mol. The van der Waals surface area contributed by atoms with E-state index in [1.807, 2.05) is 0 Å². The lowest BCUT2D eigenvalue weighted by molar-refractivity contribution is -0.138. The topological polar surface area (TPSA) is 113 Å². The van der Waals surface area contributed by atoms with Crippen LogP contribution >= 0.6 is 0 Å². The molecule has 0 unspecified atom stereocenters. The van der Waals surface area contributed by atoms with Gasteiger partial charge in [0.05, 0.1) is 48.5 Å². The number of halogens is 6. The van der Waals surface area contributed by atoms with E-state index in [1.165, 1.54) is 54.0 Å². The molecule has 4 rings (SSSR count). The molecular formula is C24H22F6N6O3. The minimum atomic E-state index is -4.38.